The Morgan fingerprint density at radius 1 is 1.56 bits per heavy atom. The average molecular weight is 251 g/mol. The molecule has 0 aliphatic carbocycles. The van der Waals surface area contributed by atoms with Gasteiger partial charge in [-0.05, 0) is 33.6 Å². The number of hydrogen-bond acceptors (Lipinski definition) is 3. The Bertz CT molecular complexity index is 480. The first kappa shape index (κ1) is 11.6. The highest BCUT2D eigenvalue weighted by molar-refractivity contribution is 5.70. The second kappa shape index (κ2) is 3.73. The van der Waals surface area contributed by atoms with Crippen molar-refractivity contribution in [1.82, 2.24) is 15.1 Å². The number of hydrogen-bond donors (Lipinski definition) is 1. The summed E-state index contributed by atoms with van der Waals surface area (Å²) in [5.41, 5.74) is 1.91. The third kappa shape index (κ3) is 1.78. The Morgan fingerprint density at radius 3 is 3.06 bits per heavy atom. The molecule has 1 N–H and O–H groups in total. The van der Waals surface area contributed by atoms with E-state index in [1.807, 2.05) is 31.9 Å². The third-order valence-corrected chi connectivity index (χ3v) is 3.66. The molecule has 2 unspecified atom stereocenters. The van der Waals surface area contributed by atoms with Gasteiger partial charge >= 0.3 is 6.09 Å². The van der Waals surface area contributed by atoms with Crippen LogP contribution in [0.15, 0.2) is 6.20 Å². The lowest BCUT2D eigenvalue weighted by atomic mass is 10.0. The molecule has 2 aliphatic rings. The maximum absolute atomic E-state index is 12.3. The number of H-pyrrole nitrogens is 1. The number of aromatic nitrogens is 2. The molecule has 1 aromatic rings. The molecule has 5 nitrogen and oxygen atoms in total. The lowest BCUT2D eigenvalue weighted by Crippen LogP contribution is -2.44. The van der Waals surface area contributed by atoms with Crippen LogP contribution in [0.5, 0.6) is 0 Å². The summed E-state index contributed by atoms with van der Waals surface area (Å²) >= 11 is 0. The van der Waals surface area contributed by atoms with Crippen LogP contribution >= 0.6 is 0 Å². The Morgan fingerprint density at radius 2 is 2.33 bits per heavy atom. The summed E-state index contributed by atoms with van der Waals surface area (Å²) < 4.78 is 5.51. The molecule has 3 rings (SSSR count). The highest BCUT2D eigenvalue weighted by atomic mass is 16.6. The Hall–Kier alpha value is -1.52. The van der Waals surface area contributed by atoms with E-state index in [4.69, 9.17) is 4.74 Å². The first-order valence-corrected chi connectivity index (χ1v) is 6.49. The summed E-state index contributed by atoms with van der Waals surface area (Å²) in [6.07, 6.45) is 4.58. The lowest BCUT2D eigenvalue weighted by molar-refractivity contribution is 0.0124. The van der Waals surface area contributed by atoms with Crippen LogP contribution in [-0.4, -0.2) is 32.8 Å². The third-order valence-electron chi connectivity index (χ3n) is 3.66. The number of ether oxygens (including phenoxy) is 1. The van der Waals surface area contributed by atoms with E-state index in [9.17, 15) is 4.79 Å². The number of aromatic amines is 1. The van der Waals surface area contributed by atoms with Crippen LogP contribution in [0, 0.1) is 0 Å². The number of carbonyl (C=O) groups is 1. The van der Waals surface area contributed by atoms with Gasteiger partial charge in [0, 0.05) is 25.1 Å². The van der Waals surface area contributed by atoms with Gasteiger partial charge in [0.15, 0.2) is 0 Å². The van der Waals surface area contributed by atoms with E-state index in [0.717, 1.165) is 24.8 Å². The fraction of sp³-hybridized carbons (Fsp3) is 0.692. The highest BCUT2D eigenvalue weighted by Gasteiger charge is 2.44. The molecule has 2 bridgehead atoms. The van der Waals surface area contributed by atoms with Crippen LogP contribution in [0.4, 0.5) is 4.79 Å². The van der Waals surface area contributed by atoms with E-state index in [0.29, 0.717) is 0 Å². The van der Waals surface area contributed by atoms with Gasteiger partial charge in [-0.25, -0.2) is 4.79 Å². The Balaban J connectivity index is 0.00000133. The molecule has 1 saturated heterocycles. The zero-order valence-electron chi connectivity index (χ0n) is 11.1. The molecule has 0 spiro atoms. The number of fused-ring (bicyclic) bond motifs is 4. The summed E-state index contributed by atoms with van der Waals surface area (Å²) in [5, 5.41) is 7.12. The zero-order chi connectivity index (χ0) is 12.9. The van der Waals surface area contributed by atoms with Crippen molar-refractivity contribution in [3.8, 4) is 0 Å². The van der Waals surface area contributed by atoms with Gasteiger partial charge < -0.3 is 4.74 Å². The molecular weight excluding hydrogens is 230 g/mol. The number of rotatable bonds is 0. The normalized spacial score (nSPS) is 26.1. The van der Waals surface area contributed by atoms with Gasteiger partial charge in [-0.1, -0.05) is 0 Å². The number of amides is 1. The number of nitrogens with zero attached hydrogens (tertiary/aromatic N) is 2. The maximum Gasteiger partial charge on any atom is 0.411 e. The van der Waals surface area contributed by atoms with Crippen LogP contribution < -0.4 is 0 Å². The molecule has 2 atom stereocenters. The Labute approximate surface area is 108 Å². The smallest absolute Gasteiger partial charge is 0.411 e. The van der Waals surface area contributed by atoms with E-state index in [-0.39, 0.29) is 19.6 Å². The van der Waals surface area contributed by atoms with Gasteiger partial charge in [-0.15, -0.1) is 0 Å². The fourth-order valence-corrected chi connectivity index (χ4v) is 2.99. The molecule has 100 valence electrons. The first-order valence-electron chi connectivity index (χ1n) is 6.49. The SMILES string of the molecule is CC(C)(C)OC(=O)N1C2CCC1c1cn[nH]c1C2.[HH]. The van der Waals surface area contributed by atoms with E-state index < -0.39 is 5.60 Å². The lowest BCUT2D eigenvalue weighted by Gasteiger charge is -2.35. The van der Waals surface area contributed by atoms with Crippen molar-refractivity contribution in [2.24, 2.45) is 0 Å². The van der Waals surface area contributed by atoms with Crippen LogP contribution in [0.25, 0.3) is 0 Å². The van der Waals surface area contributed by atoms with E-state index >= 15 is 0 Å². The predicted octanol–water partition coefficient (Wildman–Crippen LogP) is 2.65. The number of carbonyl (C=O) groups excluding carboxylic acids is 1. The van der Waals surface area contributed by atoms with Crippen molar-refractivity contribution in [2.45, 2.75) is 57.7 Å². The quantitative estimate of drug-likeness (QED) is 0.771. The largest absolute Gasteiger partial charge is 0.444 e. The first-order chi connectivity index (χ1) is 8.46. The number of nitrogens with one attached hydrogen (secondary N) is 1. The molecule has 5 heteroatoms. The van der Waals surface area contributed by atoms with Crippen LogP contribution in [-0.2, 0) is 11.2 Å². The summed E-state index contributed by atoms with van der Waals surface area (Å²) in [6, 6.07) is 0.408. The highest BCUT2D eigenvalue weighted by Crippen LogP contribution is 2.43. The summed E-state index contributed by atoms with van der Waals surface area (Å²) in [7, 11) is 0. The molecule has 0 saturated carbocycles. The minimum absolute atomic E-state index is 0. The maximum atomic E-state index is 12.3. The van der Waals surface area contributed by atoms with Crippen LogP contribution in [0.1, 0.15) is 52.3 Å². The van der Waals surface area contributed by atoms with Crippen LogP contribution in [0.3, 0.4) is 0 Å². The van der Waals surface area contributed by atoms with Gasteiger partial charge in [0.2, 0.25) is 0 Å². The molecular formula is C13H21N3O2. The fourth-order valence-electron chi connectivity index (χ4n) is 2.99. The minimum atomic E-state index is -0.437. The molecule has 0 radical (unpaired) electrons. The van der Waals surface area contributed by atoms with Crippen LogP contribution in [0.2, 0.25) is 0 Å². The summed E-state index contributed by atoms with van der Waals surface area (Å²) in [5.74, 6) is 0. The molecule has 1 amide bonds. The molecule has 0 aromatic carbocycles. The zero-order valence-corrected chi connectivity index (χ0v) is 11.1. The molecule has 18 heavy (non-hydrogen) atoms. The second-order valence-electron chi connectivity index (χ2n) is 6.14. The van der Waals surface area contributed by atoms with Crippen molar-refractivity contribution < 1.29 is 11.0 Å². The van der Waals surface area contributed by atoms with Crippen molar-refractivity contribution in [3.05, 3.63) is 17.5 Å². The van der Waals surface area contributed by atoms with Gasteiger partial charge in [-0.3, -0.25) is 10.00 Å². The van der Waals surface area contributed by atoms with Crippen molar-refractivity contribution in [3.63, 3.8) is 0 Å². The van der Waals surface area contributed by atoms with Crippen molar-refractivity contribution in [1.29, 1.82) is 0 Å². The molecule has 1 fully saturated rings. The van der Waals surface area contributed by atoms with E-state index in [2.05, 4.69) is 10.2 Å². The van der Waals surface area contributed by atoms with Crippen molar-refractivity contribution >= 4 is 6.09 Å². The average Bonchev–Trinajstić information content (AvgIpc) is 2.81. The monoisotopic (exact) mass is 251 g/mol. The minimum Gasteiger partial charge on any atom is -0.444 e. The summed E-state index contributed by atoms with van der Waals surface area (Å²) in [6.45, 7) is 5.71. The topological polar surface area (TPSA) is 58.2 Å². The van der Waals surface area contributed by atoms with Crippen molar-refractivity contribution in [2.75, 3.05) is 0 Å². The molecule has 2 aliphatic heterocycles. The molecule has 3 heterocycles. The summed E-state index contributed by atoms with van der Waals surface area (Å²) in [4.78, 5) is 14.2. The predicted molar refractivity (Wildman–Crippen MR) is 68.2 cm³/mol. The van der Waals surface area contributed by atoms with Gasteiger partial charge in [0.05, 0.1) is 12.2 Å². The second-order valence-corrected chi connectivity index (χ2v) is 6.14. The molecule has 1 aromatic heterocycles. The van der Waals surface area contributed by atoms with E-state index in [1.54, 1.807) is 0 Å². The standard InChI is InChI=1S/C13H19N3O2.H2/c1-13(2,3)18-12(17)16-8-4-5-11(16)9-7-14-15-10(9)6-8;/h7-8,11H,4-6H2,1-3H3,(H,14,15);1H. The van der Waals surface area contributed by atoms with E-state index in [1.165, 1.54) is 5.69 Å². The van der Waals surface area contributed by atoms with Gasteiger partial charge in [0.1, 0.15) is 5.60 Å². The van der Waals surface area contributed by atoms with Gasteiger partial charge in [-0.2, -0.15) is 5.10 Å². The Kier molecular flexibility index (Phi) is 2.40. The van der Waals surface area contributed by atoms with Gasteiger partial charge in [0.25, 0.3) is 0 Å².